The molecule has 1 amide bonds. The zero-order valence-electron chi connectivity index (χ0n) is 12.8. The zero-order valence-corrected chi connectivity index (χ0v) is 12.8. The molecule has 1 fully saturated rings. The van der Waals surface area contributed by atoms with Crippen LogP contribution in [-0.4, -0.2) is 19.0 Å². The van der Waals surface area contributed by atoms with E-state index in [9.17, 15) is 4.79 Å². The first-order valence-corrected chi connectivity index (χ1v) is 8.08. The van der Waals surface area contributed by atoms with Gasteiger partial charge in [-0.15, -0.1) is 0 Å². The molecule has 112 valence electrons. The zero-order chi connectivity index (χ0) is 14.1. The number of carbonyl (C=O) groups excluding carboxylic acids is 1. The number of amides is 1. The van der Waals surface area contributed by atoms with E-state index < -0.39 is 0 Å². The summed E-state index contributed by atoms with van der Waals surface area (Å²) in [7, 11) is 0. The van der Waals surface area contributed by atoms with Crippen molar-refractivity contribution in [1.82, 2.24) is 5.32 Å². The highest BCUT2D eigenvalue weighted by atomic mass is 16.1. The highest BCUT2D eigenvalue weighted by Crippen LogP contribution is 2.25. The average Bonchev–Trinajstić information content (AvgIpc) is 2.38. The Morgan fingerprint density at radius 3 is 2.53 bits per heavy atom. The molecule has 0 heterocycles. The quantitative estimate of drug-likeness (QED) is 0.711. The Kier molecular flexibility index (Phi) is 8.11. The van der Waals surface area contributed by atoms with E-state index in [1.807, 2.05) is 0 Å². The third kappa shape index (κ3) is 7.56. The first-order valence-electron chi connectivity index (χ1n) is 8.08. The van der Waals surface area contributed by atoms with Gasteiger partial charge in [-0.05, 0) is 37.1 Å². The Balaban J connectivity index is 2.12. The fraction of sp³-hybridized carbons (Fsp3) is 0.938. The SMILES string of the molecule is CC(C)C[C@H](CN)CC(=O)NCCC1CCCCC1. The van der Waals surface area contributed by atoms with Crippen LogP contribution >= 0.6 is 0 Å². The molecule has 1 rings (SSSR count). The van der Waals surface area contributed by atoms with Crippen molar-refractivity contribution in [2.24, 2.45) is 23.5 Å². The van der Waals surface area contributed by atoms with Gasteiger partial charge in [0.25, 0.3) is 0 Å². The first kappa shape index (κ1) is 16.5. The average molecular weight is 268 g/mol. The Hall–Kier alpha value is -0.570. The van der Waals surface area contributed by atoms with Crippen molar-refractivity contribution in [2.75, 3.05) is 13.1 Å². The van der Waals surface area contributed by atoms with Crippen molar-refractivity contribution in [3.63, 3.8) is 0 Å². The minimum Gasteiger partial charge on any atom is -0.356 e. The number of hydrogen-bond donors (Lipinski definition) is 2. The standard InChI is InChI=1S/C16H32N2O/c1-13(2)10-15(12-17)11-16(19)18-9-8-14-6-4-3-5-7-14/h13-15H,3-12,17H2,1-2H3,(H,18,19)/t15-/m0/s1. The summed E-state index contributed by atoms with van der Waals surface area (Å²) in [5.41, 5.74) is 5.73. The number of rotatable bonds is 8. The lowest BCUT2D eigenvalue weighted by atomic mass is 9.87. The predicted octanol–water partition coefficient (Wildman–Crippen LogP) is 3.08. The van der Waals surface area contributed by atoms with Crippen LogP contribution in [0.5, 0.6) is 0 Å². The molecular weight excluding hydrogens is 236 g/mol. The molecule has 0 aromatic heterocycles. The lowest BCUT2D eigenvalue weighted by Gasteiger charge is -2.22. The second-order valence-corrected chi connectivity index (χ2v) is 6.58. The van der Waals surface area contributed by atoms with E-state index in [2.05, 4.69) is 19.2 Å². The highest BCUT2D eigenvalue weighted by Gasteiger charge is 2.15. The molecule has 0 bridgehead atoms. The monoisotopic (exact) mass is 268 g/mol. The minimum absolute atomic E-state index is 0.187. The van der Waals surface area contributed by atoms with Crippen LogP contribution in [0.4, 0.5) is 0 Å². The molecule has 3 heteroatoms. The molecule has 19 heavy (non-hydrogen) atoms. The van der Waals surface area contributed by atoms with Crippen LogP contribution in [-0.2, 0) is 4.79 Å². The van der Waals surface area contributed by atoms with Crippen LogP contribution in [0, 0.1) is 17.8 Å². The molecule has 1 atom stereocenters. The maximum atomic E-state index is 11.9. The van der Waals surface area contributed by atoms with E-state index in [-0.39, 0.29) is 5.91 Å². The van der Waals surface area contributed by atoms with Gasteiger partial charge in [0.1, 0.15) is 0 Å². The van der Waals surface area contributed by atoms with Gasteiger partial charge in [-0.3, -0.25) is 4.79 Å². The van der Waals surface area contributed by atoms with Crippen molar-refractivity contribution in [3.05, 3.63) is 0 Å². The normalized spacial score (nSPS) is 18.5. The van der Waals surface area contributed by atoms with Crippen LogP contribution in [0.25, 0.3) is 0 Å². The Labute approximate surface area is 118 Å². The van der Waals surface area contributed by atoms with Gasteiger partial charge in [-0.1, -0.05) is 46.0 Å². The lowest BCUT2D eigenvalue weighted by Crippen LogP contribution is -2.30. The van der Waals surface area contributed by atoms with Crippen molar-refractivity contribution in [3.8, 4) is 0 Å². The molecule has 1 saturated carbocycles. The topological polar surface area (TPSA) is 55.1 Å². The summed E-state index contributed by atoms with van der Waals surface area (Å²) in [5.74, 6) is 1.99. The van der Waals surface area contributed by atoms with Gasteiger partial charge in [0, 0.05) is 13.0 Å². The van der Waals surface area contributed by atoms with E-state index >= 15 is 0 Å². The van der Waals surface area contributed by atoms with Gasteiger partial charge in [0.15, 0.2) is 0 Å². The van der Waals surface area contributed by atoms with E-state index in [0.29, 0.717) is 24.8 Å². The smallest absolute Gasteiger partial charge is 0.220 e. The molecular formula is C16H32N2O. The van der Waals surface area contributed by atoms with Crippen LogP contribution in [0.15, 0.2) is 0 Å². The van der Waals surface area contributed by atoms with Crippen molar-refractivity contribution < 1.29 is 4.79 Å². The van der Waals surface area contributed by atoms with Gasteiger partial charge < -0.3 is 11.1 Å². The Morgan fingerprint density at radius 2 is 1.95 bits per heavy atom. The summed E-state index contributed by atoms with van der Waals surface area (Å²) in [4.78, 5) is 11.9. The second-order valence-electron chi connectivity index (χ2n) is 6.58. The number of carbonyl (C=O) groups is 1. The van der Waals surface area contributed by atoms with Crippen molar-refractivity contribution in [1.29, 1.82) is 0 Å². The van der Waals surface area contributed by atoms with Crippen LogP contribution in [0.2, 0.25) is 0 Å². The summed E-state index contributed by atoms with van der Waals surface area (Å²) in [6, 6.07) is 0. The van der Waals surface area contributed by atoms with Gasteiger partial charge in [0.2, 0.25) is 5.91 Å². The van der Waals surface area contributed by atoms with E-state index in [1.54, 1.807) is 0 Å². The van der Waals surface area contributed by atoms with Crippen molar-refractivity contribution >= 4 is 5.91 Å². The minimum atomic E-state index is 0.187. The van der Waals surface area contributed by atoms with Gasteiger partial charge in [-0.25, -0.2) is 0 Å². The predicted molar refractivity (Wildman–Crippen MR) is 80.8 cm³/mol. The van der Waals surface area contributed by atoms with E-state index in [0.717, 1.165) is 25.3 Å². The maximum Gasteiger partial charge on any atom is 0.220 e. The highest BCUT2D eigenvalue weighted by molar-refractivity contribution is 5.76. The Morgan fingerprint density at radius 1 is 1.26 bits per heavy atom. The van der Waals surface area contributed by atoms with Crippen molar-refractivity contribution in [2.45, 2.75) is 65.2 Å². The fourth-order valence-corrected chi connectivity index (χ4v) is 3.16. The number of nitrogens with two attached hydrogens (primary N) is 1. The van der Waals surface area contributed by atoms with Crippen LogP contribution < -0.4 is 11.1 Å². The Bertz CT molecular complexity index is 247. The first-order chi connectivity index (χ1) is 9.11. The molecule has 0 unspecified atom stereocenters. The van der Waals surface area contributed by atoms with Crippen LogP contribution in [0.3, 0.4) is 0 Å². The molecule has 0 aliphatic heterocycles. The van der Waals surface area contributed by atoms with Gasteiger partial charge >= 0.3 is 0 Å². The molecule has 0 spiro atoms. The lowest BCUT2D eigenvalue weighted by molar-refractivity contribution is -0.122. The molecule has 0 saturated heterocycles. The molecule has 3 N–H and O–H groups in total. The molecule has 0 aromatic carbocycles. The number of nitrogens with one attached hydrogen (secondary N) is 1. The molecule has 0 aromatic rings. The summed E-state index contributed by atoms with van der Waals surface area (Å²) < 4.78 is 0. The largest absolute Gasteiger partial charge is 0.356 e. The summed E-state index contributed by atoms with van der Waals surface area (Å²) in [5, 5.41) is 3.07. The summed E-state index contributed by atoms with van der Waals surface area (Å²) in [6.07, 6.45) is 9.67. The molecule has 3 nitrogen and oxygen atoms in total. The van der Waals surface area contributed by atoms with E-state index in [1.165, 1.54) is 32.1 Å². The maximum absolute atomic E-state index is 11.9. The number of hydrogen-bond acceptors (Lipinski definition) is 2. The van der Waals surface area contributed by atoms with Crippen LogP contribution in [0.1, 0.15) is 65.2 Å². The van der Waals surface area contributed by atoms with Gasteiger partial charge in [-0.2, -0.15) is 0 Å². The molecule has 1 aliphatic carbocycles. The second kappa shape index (κ2) is 9.35. The van der Waals surface area contributed by atoms with E-state index in [4.69, 9.17) is 5.73 Å². The van der Waals surface area contributed by atoms with Gasteiger partial charge in [0.05, 0.1) is 0 Å². The summed E-state index contributed by atoms with van der Waals surface area (Å²) >= 11 is 0. The molecule has 1 aliphatic rings. The summed E-state index contributed by atoms with van der Waals surface area (Å²) in [6.45, 7) is 5.84. The third-order valence-corrected chi connectivity index (χ3v) is 4.21. The third-order valence-electron chi connectivity index (χ3n) is 4.21. The fourth-order valence-electron chi connectivity index (χ4n) is 3.16. The molecule has 0 radical (unpaired) electrons.